The van der Waals surface area contributed by atoms with Crippen LogP contribution in [0.1, 0.15) is 10.4 Å². The first-order chi connectivity index (χ1) is 13.9. The van der Waals surface area contributed by atoms with Crippen molar-refractivity contribution in [3.63, 3.8) is 0 Å². The van der Waals surface area contributed by atoms with Crippen LogP contribution in [-0.4, -0.2) is 27.5 Å². The lowest BCUT2D eigenvalue weighted by molar-refractivity contribution is -0.113. The van der Waals surface area contributed by atoms with Gasteiger partial charge in [-0.05, 0) is 36.4 Å². The summed E-state index contributed by atoms with van der Waals surface area (Å²) in [7, 11) is 0. The number of nitrogens with zero attached hydrogens (tertiary/aromatic N) is 1. The maximum absolute atomic E-state index is 12.9. The molecule has 0 aliphatic heterocycles. The van der Waals surface area contributed by atoms with E-state index >= 15 is 0 Å². The molecule has 0 saturated carbocycles. The molecule has 0 spiro atoms. The zero-order chi connectivity index (χ0) is 20.8. The molecule has 8 nitrogen and oxygen atoms in total. The SMILES string of the molecule is Nc1nc(SCC(=O)Nc2ccc(F)cc2)[nH]c(=O)c1NC(=O)c1ccccc1. The molecule has 0 atom stereocenters. The summed E-state index contributed by atoms with van der Waals surface area (Å²) >= 11 is 0.958. The van der Waals surface area contributed by atoms with Crippen LogP contribution >= 0.6 is 11.8 Å². The summed E-state index contributed by atoms with van der Waals surface area (Å²) in [6, 6.07) is 13.7. The summed E-state index contributed by atoms with van der Waals surface area (Å²) in [5, 5.41) is 5.15. The molecule has 0 fully saturated rings. The number of thioether (sulfide) groups is 1. The Morgan fingerprint density at radius 1 is 1.07 bits per heavy atom. The highest BCUT2D eigenvalue weighted by Crippen LogP contribution is 2.18. The Labute approximate surface area is 168 Å². The fraction of sp³-hybridized carbons (Fsp3) is 0.0526. The van der Waals surface area contributed by atoms with Gasteiger partial charge in [-0.3, -0.25) is 19.4 Å². The number of carbonyl (C=O) groups is 2. The van der Waals surface area contributed by atoms with Crippen molar-refractivity contribution in [2.45, 2.75) is 5.16 Å². The standard InChI is InChI=1S/C19H16FN5O3S/c20-12-6-8-13(9-7-12)22-14(26)10-29-19-24-16(21)15(18(28)25-19)23-17(27)11-4-2-1-3-5-11/h1-9H,10H2,(H,22,26)(H,23,27)(H3,21,24,25,28). The van der Waals surface area contributed by atoms with E-state index in [1.54, 1.807) is 30.3 Å². The highest BCUT2D eigenvalue weighted by atomic mass is 32.2. The summed E-state index contributed by atoms with van der Waals surface area (Å²) in [4.78, 5) is 42.9. The molecule has 29 heavy (non-hydrogen) atoms. The van der Waals surface area contributed by atoms with Crippen molar-refractivity contribution >= 4 is 40.8 Å². The number of rotatable bonds is 6. The Morgan fingerprint density at radius 2 is 1.76 bits per heavy atom. The van der Waals surface area contributed by atoms with Crippen molar-refractivity contribution in [1.29, 1.82) is 0 Å². The van der Waals surface area contributed by atoms with Gasteiger partial charge in [-0.15, -0.1) is 0 Å². The molecule has 1 heterocycles. The molecule has 3 aromatic rings. The summed E-state index contributed by atoms with van der Waals surface area (Å²) < 4.78 is 12.9. The number of carbonyl (C=O) groups excluding carboxylic acids is 2. The van der Waals surface area contributed by atoms with Gasteiger partial charge in [-0.1, -0.05) is 30.0 Å². The van der Waals surface area contributed by atoms with Crippen molar-refractivity contribution in [2.75, 3.05) is 22.1 Å². The fourth-order valence-electron chi connectivity index (χ4n) is 2.30. The summed E-state index contributed by atoms with van der Waals surface area (Å²) in [6.07, 6.45) is 0. The minimum Gasteiger partial charge on any atom is -0.382 e. The summed E-state index contributed by atoms with van der Waals surface area (Å²) in [5.74, 6) is -1.50. The first kappa shape index (κ1) is 20.1. The monoisotopic (exact) mass is 413 g/mol. The van der Waals surface area contributed by atoms with Gasteiger partial charge in [0.2, 0.25) is 5.91 Å². The van der Waals surface area contributed by atoms with Gasteiger partial charge in [-0.25, -0.2) is 9.37 Å². The van der Waals surface area contributed by atoms with Gasteiger partial charge in [0.15, 0.2) is 11.0 Å². The van der Waals surface area contributed by atoms with Crippen LogP contribution in [0.5, 0.6) is 0 Å². The Kier molecular flexibility index (Phi) is 6.25. The first-order valence-corrected chi connectivity index (χ1v) is 9.35. The summed E-state index contributed by atoms with van der Waals surface area (Å²) in [6.45, 7) is 0. The van der Waals surface area contributed by atoms with E-state index in [4.69, 9.17) is 5.73 Å². The third-order valence-corrected chi connectivity index (χ3v) is 4.54. The van der Waals surface area contributed by atoms with Crippen LogP contribution in [0.15, 0.2) is 64.5 Å². The highest BCUT2D eigenvalue weighted by Gasteiger charge is 2.14. The van der Waals surface area contributed by atoms with Crippen molar-refractivity contribution in [3.05, 3.63) is 76.3 Å². The van der Waals surface area contributed by atoms with Crippen molar-refractivity contribution in [3.8, 4) is 0 Å². The predicted octanol–water partition coefficient (Wildman–Crippen LogP) is 2.47. The lowest BCUT2D eigenvalue weighted by atomic mass is 10.2. The van der Waals surface area contributed by atoms with Gasteiger partial charge in [0, 0.05) is 11.3 Å². The van der Waals surface area contributed by atoms with E-state index in [0.29, 0.717) is 11.3 Å². The largest absolute Gasteiger partial charge is 0.382 e. The number of nitrogens with one attached hydrogen (secondary N) is 3. The second kappa shape index (κ2) is 9.02. The van der Waals surface area contributed by atoms with E-state index in [-0.39, 0.29) is 28.3 Å². The molecule has 0 saturated heterocycles. The molecule has 3 rings (SSSR count). The van der Waals surface area contributed by atoms with Crippen LogP contribution in [0, 0.1) is 5.82 Å². The minimum atomic E-state index is -0.636. The van der Waals surface area contributed by atoms with Crippen molar-refractivity contribution in [2.24, 2.45) is 0 Å². The molecule has 2 amide bonds. The zero-order valence-corrected chi connectivity index (χ0v) is 15.8. The van der Waals surface area contributed by atoms with Gasteiger partial charge >= 0.3 is 0 Å². The fourth-order valence-corrected chi connectivity index (χ4v) is 2.97. The third kappa shape index (κ3) is 5.42. The zero-order valence-electron chi connectivity index (χ0n) is 14.9. The number of benzene rings is 2. The number of halogens is 1. The van der Waals surface area contributed by atoms with Crippen molar-refractivity contribution in [1.82, 2.24) is 9.97 Å². The number of nitrogen functional groups attached to an aromatic ring is 1. The van der Waals surface area contributed by atoms with Gasteiger partial charge in [-0.2, -0.15) is 0 Å². The maximum Gasteiger partial charge on any atom is 0.277 e. The molecule has 10 heteroatoms. The molecular weight excluding hydrogens is 397 g/mol. The molecular formula is C19H16FN5O3S. The van der Waals surface area contributed by atoms with E-state index in [1.807, 2.05) is 0 Å². The number of nitrogens with two attached hydrogens (primary N) is 1. The van der Waals surface area contributed by atoms with Gasteiger partial charge in [0.05, 0.1) is 5.75 Å². The lowest BCUT2D eigenvalue weighted by Crippen LogP contribution is -2.23. The maximum atomic E-state index is 12.9. The van der Waals surface area contributed by atoms with Crippen LogP contribution < -0.4 is 21.9 Å². The normalized spacial score (nSPS) is 10.4. The molecule has 1 aromatic heterocycles. The molecule has 0 bridgehead atoms. The third-order valence-electron chi connectivity index (χ3n) is 3.67. The molecule has 0 unspecified atom stereocenters. The van der Waals surface area contributed by atoms with Gasteiger partial charge < -0.3 is 16.4 Å². The molecule has 0 aliphatic rings. The van der Waals surface area contributed by atoms with Crippen molar-refractivity contribution < 1.29 is 14.0 Å². The second-order valence-electron chi connectivity index (χ2n) is 5.80. The average molecular weight is 413 g/mol. The Bertz CT molecular complexity index is 1090. The van der Waals surface area contributed by atoms with Crippen LogP contribution in [0.4, 0.5) is 21.6 Å². The number of amides is 2. The van der Waals surface area contributed by atoms with E-state index in [2.05, 4.69) is 20.6 Å². The highest BCUT2D eigenvalue weighted by molar-refractivity contribution is 7.99. The number of anilines is 3. The second-order valence-corrected chi connectivity index (χ2v) is 6.76. The lowest BCUT2D eigenvalue weighted by Gasteiger charge is -2.09. The number of hydrogen-bond donors (Lipinski definition) is 4. The predicted molar refractivity (Wildman–Crippen MR) is 109 cm³/mol. The quantitative estimate of drug-likeness (QED) is 0.363. The van der Waals surface area contributed by atoms with Gasteiger partial charge in [0.25, 0.3) is 11.5 Å². The summed E-state index contributed by atoms with van der Waals surface area (Å²) in [5.41, 5.74) is 5.80. The first-order valence-electron chi connectivity index (χ1n) is 8.37. The van der Waals surface area contributed by atoms with Crippen LogP contribution in [0.25, 0.3) is 0 Å². The molecule has 5 N–H and O–H groups in total. The van der Waals surface area contributed by atoms with Crippen LogP contribution in [0.3, 0.4) is 0 Å². The van der Waals surface area contributed by atoms with E-state index in [9.17, 15) is 18.8 Å². The number of aromatic amines is 1. The van der Waals surface area contributed by atoms with E-state index < -0.39 is 17.3 Å². The number of aromatic nitrogens is 2. The Morgan fingerprint density at radius 3 is 2.41 bits per heavy atom. The smallest absolute Gasteiger partial charge is 0.277 e. The van der Waals surface area contributed by atoms with Crippen LogP contribution in [-0.2, 0) is 4.79 Å². The molecule has 0 radical (unpaired) electrons. The van der Waals surface area contributed by atoms with Gasteiger partial charge in [0.1, 0.15) is 11.5 Å². The Balaban J connectivity index is 1.63. The average Bonchev–Trinajstić information content (AvgIpc) is 2.71. The molecule has 0 aliphatic carbocycles. The van der Waals surface area contributed by atoms with E-state index in [1.165, 1.54) is 24.3 Å². The Hall–Kier alpha value is -3.66. The van der Waals surface area contributed by atoms with E-state index in [0.717, 1.165) is 11.8 Å². The minimum absolute atomic E-state index is 0.0600. The number of hydrogen-bond acceptors (Lipinski definition) is 6. The molecule has 148 valence electrons. The molecule has 2 aromatic carbocycles. The van der Waals surface area contributed by atoms with Crippen LogP contribution in [0.2, 0.25) is 0 Å². The topological polar surface area (TPSA) is 130 Å². The number of H-pyrrole nitrogens is 1.